The quantitative estimate of drug-likeness (QED) is 0.755. The van der Waals surface area contributed by atoms with Crippen molar-refractivity contribution in [3.63, 3.8) is 0 Å². The van der Waals surface area contributed by atoms with E-state index in [2.05, 4.69) is 5.32 Å². The molecule has 1 unspecified atom stereocenters. The van der Waals surface area contributed by atoms with Gasteiger partial charge in [-0.3, -0.25) is 9.59 Å². The van der Waals surface area contributed by atoms with Crippen LogP contribution < -0.4 is 5.32 Å². The van der Waals surface area contributed by atoms with Gasteiger partial charge in [-0.2, -0.15) is 0 Å². The molecular formula is C20H22N2O5. The molecule has 1 N–H and O–H groups in total. The lowest BCUT2D eigenvalue weighted by atomic mass is 10.1. The highest BCUT2D eigenvalue weighted by Crippen LogP contribution is 2.15. The van der Waals surface area contributed by atoms with E-state index in [-0.39, 0.29) is 12.5 Å². The fourth-order valence-electron chi connectivity index (χ4n) is 2.85. The Bertz CT molecular complexity index is 798. The third-order valence-corrected chi connectivity index (χ3v) is 4.40. The average molecular weight is 370 g/mol. The van der Waals surface area contributed by atoms with Gasteiger partial charge in [0.25, 0.3) is 5.91 Å². The highest BCUT2D eigenvalue weighted by atomic mass is 16.5. The zero-order valence-electron chi connectivity index (χ0n) is 15.1. The van der Waals surface area contributed by atoms with Crippen molar-refractivity contribution in [1.82, 2.24) is 10.2 Å². The van der Waals surface area contributed by atoms with Crippen LogP contribution in [0.1, 0.15) is 41.4 Å². The lowest BCUT2D eigenvalue weighted by Crippen LogP contribution is -2.35. The van der Waals surface area contributed by atoms with Gasteiger partial charge < -0.3 is 19.4 Å². The molecule has 0 bridgehead atoms. The van der Waals surface area contributed by atoms with Crippen molar-refractivity contribution in [3.05, 3.63) is 59.5 Å². The van der Waals surface area contributed by atoms with Crippen molar-refractivity contribution in [1.29, 1.82) is 0 Å². The number of carbonyl (C=O) groups excluding carboxylic acids is 3. The first-order valence-corrected chi connectivity index (χ1v) is 8.91. The molecule has 1 aliphatic rings. The van der Waals surface area contributed by atoms with Gasteiger partial charge in [-0.1, -0.05) is 12.1 Å². The molecule has 1 aliphatic heterocycles. The normalized spacial score (nSPS) is 14.9. The van der Waals surface area contributed by atoms with E-state index >= 15 is 0 Å². The number of nitrogens with one attached hydrogen (secondary N) is 1. The van der Waals surface area contributed by atoms with Crippen molar-refractivity contribution in [2.75, 3.05) is 6.54 Å². The van der Waals surface area contributed by atoms with Gasteiger partial charge in [0.15, 0.2) is 6.10 Å². The molecule has 2 heterocycles. The van der Waals surface area contributed by atoms with Crippen molar-refractivity contribution < 1.29 is 23.5 Å². The van der Waals surface area contributed by atoms with Gasteiger partial charge in [0.1, 0.15) is 5.76 Å². The number of furan rings is 1. The van der Waals surface area contributed by atoms with Crippen LogP contribution in [0.15, 0.2) is 47.1 Å². The highest BCUT2D eigenvalue weighted by Gasteiger charge is 2.21. The van der Waals surface area contributed by atoms with Crippen molar-refractivity contribution >= 4 is 17.8 Å². The molecule has 7 nitrogen and oxygen atoms in total. The van der Waals surface area contributed by atoms with Gasteiger partial charge in [0.05, 0.1) is 18.4 Å². The van der Waals surface area contributed by atoms with Crippen LogP contribution in [0.2, 0.25) is 0 Å². The van der Waals surface area contributed by atoms with Crippen LogP contribution in [-0.4, -0.2) is 35.3 Å². The summed E-state index contributed by atoms with van der Waals surface area (Å²) in [5.74, 6) is -0.190. The maximum Gasteiger partial charge on any atom is 0.338 e. The summed E-state index contributed by atoms with van der Waals surface area (Å²) in [6.45, 7) is 3.06. The van der Waals surface area contributed by atoms with Crippen molar-refractivity contribution in [2.45, 2.75) is 39.0 Å². The van der Waals surface area contributed by atoms with E-state index in [1.807, 2.05) is 0 Å². The van der Waals surface area contributed by atoms with Gasteiger partial charge in [-0.15, -0.1) is 0 Å². The lowest BCUT2D eigenvalue weighted by molar-refractivity contribution is -0.129. The first kappa shape index (κ1) is 18.7. The monoisotopic (exact) mass is 370 g/mol. The van der Waals surface area contributed by atoms with Gasteiger partial charge in [-0.25, -0.2) is 4.79 Å². The largest absolute Gasteiger partial charge is 0.467 e. The van der Waals surface area contributed by atoms with E-state index in [1.54, 1.807) is 41.3 Å². The molecule has 1 fully saturated rings. The molecule has 0 aliphatic carbocycles. The summed E-state index contributed by atoms with van der Waals surface area (Å²) in [4.78, 5) is 37.7. The third-order valence-electron chi connectivity index (χ3n) is 4.40. The number of benzene rings is 1. The number of esters is 1. The number of hydrogen-bond donors (Lipinski definition) is 1. The Morgan fingerprint density at radius 2 is 2.04 bits per heavy atom. The minimum Gasteiger partial charge on any atom is -0.467 e. The molecule has 142 valence electrons. The predicted molar refractivity (Wildman–Crippen MR) is 96.5 cm³/mol. The molecule has 0 radical (unpaired) electrons. The second-order valence-electron chi connectivity index (χ2n) is 6.46. The van der Waals surface area contributed by atoms with Crippen LogP contribution in [0.4, 0.5) is 0 Å². The Hall–Kier alpha value is -3.09. The Morgan fingerprint density at radius 3 is 2.67 bits per heavy atom. The SMILES string of the molecule is CC(OC(=O)c1ccc(CN2CCCC2=O)cc1)C(=O)NCc1ccco1. The molecule has 7 heteroatoms. The predicted octanol–water partition coefficient (Wildman–Crippen LogP) is 2.26. The maximum atomic E-state index is 12.2. The number of nitrogens with zero attached hydrogens (tertiary/aromatic N) is 1. The summed E-state index contributed by atoms with van der Waals surface area (Å²) in [5.41, 5.74) is 1.31. The van der Waals surface area contributed by atoms with Crippen LogP contribution >= 0.6 is 0 Å². The summed E-state index contributed by atoms with van der Waals surface area (Å²) in [5, 5.41) is 2.65. The molecule has 0 spiro atoms. The number of hydrogen-bond acceptors (Lipinski definition) is 5. The summed E-state index contributed by atoms with van der Waals surface area (Å²) in [6.07, 6.45) is 2.09. The number of ether oxygens (including phenoxy) is 1. The zero-order chi connectivity index (χ0) is 19.2. The molecule has 3 rings (SSSR count). The lowest BCUT2D eigenvalue weighted by Gasteiger charge is -2.16. The summed E-state index contributed by atoms with van der Waals surface area (Å²) in [7, 11) is 0. The Kier molecular flexibility index (Phi) is 5.90. The molecule has 1 saturated heterocycles. The number of amides is 2. The third kappa shape index (κ3) is 4.97. The average Bonchev–Trinajstić information content (AvgIpc) is 3.32. The molecule has 0 saturated carbocycles. The fraction of sp³-hybridized carbons (Fsp3) is 0.350. The molecule has 2 aromatic rings. The molecule has 1 aromatic heterocycles. The van der Waals surface area contributed by atoms with Crippen molar-refractivity contribution in [2.24, 2.45) is 0 Å². The van der Waals surface area contributed by atoms with E-state index < -0.39 is 18.0 Å². The van der Waals surface area contributed by atoms with Crippen LogP contribution in [0.25, 0.3) is 0 Å². The molecule has 27 heavy (non-hydrogen) atoms. The minimum atomic E-state index is -0.922. The van der Waals surface area contributed by atoms with E-state index in [1.165, 1.54) is 13.2 Å². The van der Waals surface area contributed by atoms with Crippen LogP contribution in [0.3, 0.4) is 0 Å². The smallest absolute Gasteiger partial charge is 0.338 e. The summed E-state index contributed by atoms with van der Waals surface area (Å²) >= 11 is 0. The van der Waals surface area contributed by atoms with Gasteiger partial charge in [0.2, 0.25) is 5.91 Å². The van der Waals surface area contributed by atoms with Crippen LogP contribution in [0, 0.1) is 0 Å². The van der Waals surface area contributed by atoms with Gasteiger partial charge in [0, 0.05) is 19.5 Å². The highest BCUT2D eigenvalue weighted by molar-refractivity contribution is 5.92. The van der Waals surface area contributed by atoms with E-state index in [0.717, 1.165) is 18.5 Å². The second-order valence-corrected chi connectivity index (χ2v) is 6.46. The second kappa shape index (κ2) is 8.53. The fourth-order valence-corrected chi connectivity index (χ4v) is 2.85. The van der Waals surface area contributed by atoms with E-state index in [4.69, 9.17) is 9.15 Å². The zero-order valence-corrected chi connectivity index (χ0v) is 15.1. The minimum absolute atomic E-state index is 0.160. The summed E-state index contributed by atoms with van der Waals surface area (Å²) < 4.78 is 10.3. The first-order chi connectivity index (χ1) is 13.0. The number of likely N-dealkylation sites (tertiary alicyclic amines) is 1. The van der Waals surface area contributed by atoms with Gasteiger partial charge in [-0.05, 0) is 43.2 Å². The van der Waals surface area contributed by atoms with Gasteiger partial charge >= 0.3 is 5.97 Å². The number of rotatable bonds is 7. The topological polar surface area (TPSA) is 88.8 Å². The Morgan fingerprint density at radius 1 is 1.26 bits per heavy atom. The maximum absolute atomic E-state index is 12.2. The molecule has 2 amide bonds. The van der Waals surface area contributed by atoms with Crippen molar-refractivity contribution in [3.8, 4) is 0 Å². The molecule has 1 atom stereocenters. The summed E-state index contributed by atoms with van der Waals surface area (Å²) in [6, 6.07) is 10.4. The first-order valence-electron chi connectivity index (χ1n) is 8.91. The van der Waals surface area contributed by atoms with E-state index in [9.17, 15) is 14.4 Å². The Labute approximate surface area is 157 Å². The Balaban J connectivity index is 1.49. The standard InChI is InChI=1S/C20H22N2O5/c1-14(19(24)21-12-17-4-3-11-26-17)27-20(25)16-8-6-15(7-9-16)13-22-10-2-5-18(22)23/h3-4,6-9,11,14H,2,5,10,12-13H2,1H3,(H,21,24). The molecular weight excluding hydrogens is 348 g/mol. The van der Waals surface area contributed by atoms with Crippen LogP contribution in [-0.2, 0) is 27.4 Å². The van der Waals surface area contributed by atoms with E-state index in [0.29, 0.717) is 24.3 Å². The van der Waals surface area contributed by atoms with Crippen LogP contribution in [0.5, 0.6) is 0 Å². The number of carbonyl (C=O) groups is 3. The molecule has 1 aromatic carbocycles.